The van der Waals surface area contributed by atoms with E-state index in [1.165, 1.54) is 0 Å². The molecule has 0 heterocycles. The number of hydrogen-bond donors (Lipinski definition) is 2. The Kier molecular flexibility index (Phi) is 6.11. The van der Waals surface area contributed by atoms with Crippen LogP contribution in [-0.2, 0) is 20.1 Å². The molecule has 0 atom stereocenters. The van der Waals surface area contributed by atoms with Crippen molar-refractivity contribution >= 4 is 0 Å². The van der Waals surface area contributed by atoms with E-state index < -0.39 is 0 Å². The predicted octanol–water partition coefficient (Wildman–Crippen LogP) is -1.27. The fourth-order valence-corrected chi connectivity index (χ4v) is 0.771. The van der Waals surface area contributed by atoms with E-state index in [4.69, 9.17) is 10.2 Å². The van der Waals surface area contributed by atoms with Crippen LogP contribution in [0.5, 0.6) is 0 Å². The summed E-state index contributed by atoms with van der Waals surface area (Å²) in [7, 11) is 0. The van der Waals surface area contributed by atoms with Crippen LogP contribution >= 0.6 is 0 Å². The maximum atomic E-state index is 8.34. The van der Waals surface area contributed by atoms with Gasteiger partial charge < -0.3 is 0 Å². The first kappa shape index (κ1) is 8.57. The van der Waals surface area contributed by atoms with Crippen LogP contribution in [0.1, 0.15) is 0 Å². The molecule has 0 aromatic rings. The van der Waals surface area contributed by atoms with Gasteiger partial charge in [0.25, 0.3) is 0 Å². The number of hydrogen-bond acceptors (Lipinski definition) is 3. The second-order valence-corrected chi connectivity index (χ2v) is 2.76. The third-order valence-corrected chi connectivity index (χ3v) is 1.67. The van der Waals surface area contributed by atoms with Crippen molar-refractivity contribution in [3.8, 4) is 0 Å². The summed E-state index contributed by atoms with van der Waals surface area (Å²) in [5, 5.41) is 16.7. The van der Waals surface area contributed by atoms with Crippen LogP contribution in [-0.4, -0.2) is 40.0 Å². The molecule has 0 aromatic carbocycles. The van der Waals surface area contributed by atoms with E-state index in [1.807, 2.05) is 23.5 Å². The van der Waals surface area contributed by atoms with Crippen LogP contribution in [0.2, 0.25) is 0 Å². The van der Waals surface area contributed by atoms with Gasteiger partial charge in [-0.05, 0) is 0 Å². The minimum absolute atomic E-state index is 0.156. The number of aliphatic hydroxyl groups is 2. The molecule has 0 aliphatic heterocycles. The number of nitrogens with zero attached hydrogens (tertiary/aromatic N) is 1. The minimum atomic E-state index is 0.156. The molecule has 0 radical (unpaired) electrons. The Labute approximate surface area is 60.5 Å². The Morgan fingerprint density at radius 3 is 1.75 bits per heavy atom. The van der Waals surface area contributed by atoms with Gasteiger partial charge in [0.15, 0.2) is 0 Å². The van der Waals surface area contributed by atoms with Crippen molar-refractivity contribution in [1.82, 2.24) is 3.46 Å². The number of rotatable bonds is 4. The molecule has 3 nitrogen and oxygen atoms in total. The van der Waals surface area contributed by atoms with Gasteiger partial charge in [0.05, 0.1) is 0 Å². The van der Waals surface area contributed by atoms with Crippen molar-refractivity contribution in [1.29, 1.82) is 0 Å². The second-order valence-electron chi connectivity index (χ2n) is 1.32. The fourth-order valence-electron chi connectivity index (χ4n) is 0.316. The molecule has 0 spiro atoms. The van der Waals surface area contributed by atoms with Gasteiger partial charge in [0.2, 0.25) is 0 Å². The van der Waals surface area contributed by atoms with E-state index >= 15 is 0 Å². The summed E-state index contributed by atoms with van der Waals surface area (Å²) in [5.41, 5.74) is 0. The van der Waals surface area contributed by atoms with Gasteiger partial charge >= 0.3 is 60.0 Å². The summed E-state index contributed by atoms with van der Waals surface area (Å²) in [6, 6.07) is 0. The SMILES string of the molecule is OCC[N]([Pt])CCO. The molecular weight excluding hydrogens is 289 g/mol. The first-order valence-electron chi connectivity index (χ1n) is 2.41. The van der Waals surface area contributed by atoms with Gasteiger partial charge in [0.1, 0.15) is 0 Å². The average molecular weight is 299 g/mol. The molecule has 4 heteroatoms. The zero-order chi connectivity index (χ0) is 6.41. The first-order chi connectivity index (χ1) is 3.81. The van der Waals surface area contributed by atoms with Crippen molar-refractivity contribution in [2.75, 3.05) is 26.3 Å². The molecule has 0 saturated carbocycles. The van der Waals surface area contributed by atoms with E-state index in [9.17, 15) is 0 Å². The van der Waals surface area contributed by atoms with E-state index in [2.05, 4.69) is 0 Å². The van der Waals surface area contributed by atoms with Crippen molar-refractivity contribution in [3.05, 3.63) is 0 Å². The van der Waals surface area contributed by atoms with Gasteiger partial charge in [-0.25, -0.2) is 0 Å². The van der Waals surface area contributed by atoms with E-state index in [0.717, 1.165) is 0 Å². The van der Waals surface area contributed by atoms with Gasteiger partial charge in [-0.15, -0.1) is 0 Å². The summed E-state index contributed by atoms with van der Waals surface area (Å²) in [5.74, 6) is 0. The molecule has 0 saturated heterocycles. The van der Waals surface area contributed by atoms with Gasteiger partial charge in [-0.1, -0.05) is 0 Å². The summed E-state index contributed by atoms with van der Waals surface area (Å²) in [6.45, 7) is 1.57. The molecular formula is C4H10NO2Pt. The molecule has 0 aromatic heterocycles. The molecule has 0 aliphatic rings. The molecule has 2 N–H and O–H groups in total. The summed E-state index contributed by atoms with van der Waals surface area (Å²) in [6.07, 6.45) is 0. The van der Waals surface area contributed by atoms with Crippen molar-refractivity contribution in [2.45, 2.75) is 0 Å². The molecule has 8 heavy (non-hydrogen) atoms. The summed E-state index contributed by atoms with van der Waals surface area (Å²) in [4.78, 5) is 0. The van der Waals surface area contributed by atoms with Crippen molar-refractivity contribution < 1.29 is 30.3 Å². The first-order valence-corrected chi connectivity index (χ1v) is 3.42. The van der Waals surface area contributed by atoms with Crippen LogP contribution in [0.15, 0.2) is 0 Å². The van der Waals surface area contributed by atoms with Gasteiger partial charge in [0, 0.05) is 0 Å². The zero-order valence-corrected chi connectivity index (χ0v) is 6.76. The monoisotopic (exact) mass is 299 g/mol. The van der Waals surface area contributed by atoms with E-state index in [1.54, 1.807) is 0 Å². The van der Waals surface area contributed by atoms with Crippen LogP contribution in [0.3, 0.4) is 0 Å². The third kappa shape index (κ3) is 4.72. The van der Waals surface area contributed by atoms with Crippen LogP contribution in [0.4, 0.5) is 0 Å². The molecule has 0 amide bonds. The van der Waals surface area contributed by atoms with Gasteiger partial charge in [-0.3, -0.25) is 0 Å². The normalized spacial score (nSPS) is 10.6. The average Bonchev–Trinajstić information content (AvgIpc) is 1.68. The Morgan fingerprint density at radius 1 is 1.12 bits per heavy atom. The molecule has 0 fully saturated rings. The zero-order valence-electron chi connectivity index (χ0n) is 4.49. The van der Waals surface area contributed by atoms with E-state index in [0.29, 0.717) is 13.1 Å². The van der Waals surface area contributed by atoms with E-state index in [-0.39, 0.29) is 13.2 Å². The summed E-state index contributed by atoms with van der Waals surface area (Å²) >= 11 is 2.04. The Balaban J connectivity index is 2.92. The Bertz CT molecular complexity index is 47.3. The predicted molar refractivity (Wildman–Crippen MR) is 25.7 cm³/mol. The fraction of sp³-hybridized carbons (Fsp3) is 1.00. The molecule has 0 unspecified atom stereocenters. The van der Waals surface area contributed by atoms with Crippen LogP contribution < -0.4 is 0 Å². The Hall–Kier alpha value is 0.568. The van der Waals surface area contributed by atoms with Gasteiger partial charge in [-0.2, -0.15) is 0 Å². The standard InChI is InChI=1S/C4H10NO2.Pt/c6-3-1-5-2-4-7;/h6-7H,1-4H2;/q-1;+1. The molecule has 0 aliphatic carbocycles. The topological polar surface area (TPSA) is 43.7 Å². The second kappa shape index (κ2) is 5.70. The number of aliphatic hydroxyl groups excluding tert-OH is 2. The van der Waals surface area contributed by atoms with Crippen LogP contribution in [0.25, 0.3) is 0 Å². The van der Waals surface area contributed by atoms with Crippen molar-refractivity contribution in [2.24, 2.45) is 0 Å². The molecule has 0 rings (SSSR count). The Morgan fingerprint density at radius 2 is 1.50 bits per heavy atom. The van der Waals surface area contributed by atoms with Crippen molar-refractivity contribution in [3.63, 3.8) is 0 Å². The molecule has 53 valence electrons. The quantitative estimate of drug-likeness (QED) is 0.681. The molecule has 0 bridgehead atoms. The summed E-state index contributed by atoms with van der Waals surface area (Å²) < 4.78 is 1.83. The third-order valence-electron chi connectivity index (χ3n) is 0.658. The van der Waals surface area contributed by atoms with Crippen LogP contribution in [0, 0.1) is 0 Å². The maximum absolute atomic E-state index is 8.34.